The van der Waals surface area contributed by atoms with Crippen LogP contribution in [0.2, 0.25) is 0 Å². The number of carbonyl (C=O) groups excluding carboxylic acids is 1. The molecule has 0 radical (unpaired) electrons. The lowest BCUT2D eigenvalue weighted by atomic mass is 10.1. The summed E-state index contributed by atoms with van der Waals surface area (Å²) in [7, 11) is 0. The first kappa shape index (κ1) is 16.5. The Morgan fingerprint density at radius 2 is 1.85 bits per heavy atom. The molecule has 0 spiro atoms. The van der Waals surface area contributed by atoms with Gasteiger partial charge in [0.05, 0.1) is 0 Å². The molecule has 134 valence electrons. The largest absolute Gasteiger partial charge is 0.440 e. The molecule has 1 aliphatic heterocycles. The van der Waals surface area contributed by atoms with Crippen molar-refractivity contribution in [3.8, 4) is 0 Å². The molecule has 2 aromatic heterocycles. The second kappa shape index (κ2) is 6.74. The van der Waals surface area contributed by atoms with Crippen LogP contribution >= 0.6 is 0 Å². The molecule has 1 amide bonds. The fraction of sp³-hybridized carbons (Fsp3) is 0.368. The molecule has 1 aromatic carbocycles. The third-order valence-electron chi connectivity index (χ3n) is 4.55. The lowest BCUT2D eigenvalue weighted by molar-refractivity contribution is 0.0746. The first-order valence-electron chi connectivity index (χ1n) is 8.83. The quantitative estimate of drug-likeness (QED) is 0.722. The summed E-state index contributed by atoms with van der Waals surface area (Å²) >= 11 is 0. The number of piperazine rings is 1. The summed E-state index contributed by atoms with van der Waals surface area (Å²) in [6.45, 7) is 6.80. The molecule has 0 saturated carbocycles. The highest BCUT2D eigenvalue weighted by Gasteiger charge is 2.24. The van der Waals surface area contributed by atoms with Crippen LogP contribution in [0.3, 0.4) is 0 Å². The van der Waals surface area contributed by atoms with E-state index in [4.69, 9.17) is 4.42 Å². The lowest BCUT2D eigenvalue weighted by Gasteiger charge is -2.34. The third kappa shape index (κ3) is 3.12. The Bertz CT molecular complexity index is 914. The van der Waals surface area contributed by atoms with Gasteiger partial charge in [0.2, 0.25) is 5.95 Å². The molecule has 0 N–H and O–H groups in total. The van der Waals surface area contributed by atoms with Crippen LogP contribution < -0.4 is 4.90 Å². The number of rotatable bonds is 3. The maximum Gasteiger partial charge on any atom is 0.254 e. The zero-order valence-electron chi connectivity index (χ0n) is 14.9. The van der Waals surface area contributed by atoms with E-state index in [-0.39, 0.29) is 11.8 Å². The van der Waals surface area contributed by atoms with Gasteiger partial charge in [-0.2, -0.15) is 0 Å². The number of nitrogens with zero attached hydrogens (tertiary/aromatic N) is 5. The zero-order valence-corrected chi connectivity index (χ0v) is 14.9. The minimum atomic E-state index is 0.0228. The molecule has 0 aliphatic carbocycles. The number of benzene rings is 1. The van der Waals surface area contributed by atoms with Crippen LogP contribution in [0.25, 0.3) is 11.1 Å². The van der Waals surface area contributed by atoms with Crippen molar-refractivity contribution in [2.75, 3.05) is 31.1 Å². The fourth-order valence-corrected chi connectivity index (χ4v) is 3.07. The Morgan fingerprint density at radius 1 is 1.12 bits per heavy atom. The molecule has 3 aromatic rings. The topological polar surface area (TPSA) is 75.4 Å². The predicted octanol–water partition coefficient (Wildman–Crippen LogP) is 2.70. The van der Waals surface area contributed by atoms with Gasteiger partial charge in [-0.15, -0.1) is 0 Å². The van der Waals surface area contributed by atoms with E-state index in [0.29, 0.717) is 30.5 Å². The average molecular weight is 351 g/mol. The molecule has 0 bridgehead atoms. The van der Waals surface area contributed by atoms with Crippen LogP contribution in [0.4, 0.5) is 5.95 Å². The Balaban J connectivity index is 1.47. The Labute approximate surface area is 151 Å². The molecule has 1 aliphatic rings. The summed E-state index contributed by atoms with van der Waals surface area (Å²) in [6.07, 6.45) is 3.47. The Morgan fingerprint density at radius 3 is 2.54 bits per heavy atom. The Kier molecular flexibility index (Phi) is 4.28. The second-order valence-electron chi connectivity index (χ2n) is 6.72. The van der Waals surface area contributed by atoms with E-state index in [1.807, 2.05) is 36.9 Å². The van der Waals surface area contributed by atoms with Gasteiger partial charge in [-0.25, -0.2) is 15.0 Å². The van der Waals surface area contributed by atoms with E-state index in [9.17, 15) is 4.79 Å². The van der Waals surface area contributed by atoms with Gasteiger partial charge in [0.25, 0.3) is 5.91 Å². The van der Waals surface area contributed by atoms with E-state index in [2.05, 4.69) is 19.9 Å². The van der Waals surface area contributed by atoms with Crippen molar-refractivity contribution in [1.82, 2.24) is 19.9 Å². The number of anilines is 1. The molecular weight excluding hydrogens is 330 g/mol. The number of fused-ring (bicyclic) bond motifs is 1. The number of hydrogen-bond donors (Lipinski definition) is 0. The summed E-state index contributed by atoms with van der Waals surface area (Å²) in [5.41, 5.74) is 2.10. The van der Waals surface area contributed by atoms with E-state index in [1.165, 1.54) is 0 Å². The highest BCUT2D eigenvalue weighted by atomic mass is 16.3. The fourth-order valence-electron chi connectivity index (χ4n) is 3.07. The van der Waals surface area contributed by atoms with Crippen LogP contribution in [0, 0.1) is 0 Å². The van der Waals surface area contributed by atoms with E-state index < -0.39 is 0 Å². The summed E-state index contributed by atoms with van der Waals surface area (Å²) in [5, 5.41) is 0. The molecule has 1 fully saturated rings. The predicted molar refractivity (Wildman–Crippen MR) is 98.2 cm³/mol. The Hall–Kier alpha value is -2.96. The third-order valence-corrected chi connectivity index (χ3v) is 4.55. The number of aromatic nitrogens is 3. The van der Waals surface area contributed by atoms with Crippen molar-refractivity contribution in [2.45, 2.75) is 19.8 Å². The smallest absolute Gasteiger partial charge is 0.254 e. The molecule has 26 heavy (non-hydrogen) atoms. The van der Waals surface area contributed by atoms with Gasteiger partial charge in [0, 0.05) is 50.1 Å². The van der Waals surface area contributed by atoms with Crippen LogP contribution in [0.1, 0.15) is 36.0 Å². The highest BCUT2D eigenvalue weighted by molar-refractivity contribution is 5.97. The van der Waals surface area contributed by atoms with Crippen LogP contribution in [-0.4, -0.2) is 51.9 Å². The summed E-state index contributed by atoms with van der Waals surface area (Å²) in [5.74, 6) is 1.65. The zero-order chi connectivity index (χ0) is 18.1. The van der Waals surface area contributed by atoms with Crippen LogP contribution in [0.5, 0.6) is 0 Å². The molecule has 1 saturated heterocycles. The number of amides is 1. The van der Waals surface area contributed by atoms with Crippen molar-refractivity contribution < 1.29 is 9.21 Å². The van der Waals surface area contributed by atoms with Crippen molar-refractivity contribution >= 4 is 23.0 Å². The summed E-state index contributed by atoms with van der Waals surface area (Å²) in [6, 6.07) is 7.26. The van der Waals surface area contributed by atoms with Gasteiger partial charge < -0.3 is 14.2 Å². The van der Waals surface area contributed by atoms with Crippen molar-refractivity contribution in [3.63, 3.8) is 0 Å². The van der Waals surface area contributed by atoms with E-state index in [0.717, 1.165) is 24.2 Å². The summed E-state index contributed by atoms with van der Waals surface area (Å²) in [4.78, 5) is 29.8. The molecule has 0 unspecified atom stereocenters. The van der Waals surface area contributed by atoms with Crippen molar-refractivity contribution in [2.24, 2.45) is 0 Å². The first-order chi connectivity index (χ1) is 12.6. The SMILES string of the molecule is CC(C)c1nc2cc(C(=O)N3CCN(c4ncccn4)CC3)ccc2o1. The van der Waals surface area contributed by atoms with Gasteiger partial charge >= 0.3 is 0 Å². The lowest BCUT2D eigenvalue weighted by Crippen LogP contribution is -2.49. The molecule has 4 rings (SSSR count). The standard InChI is InChI=1S/C19H21N5O2/c1-13(2)17-22-15-12-14(4-5-16(15)26-17)18(25)23-8-10-24(11-9-23)19-20-6-3-7-21-19/h3-7,12-13H,8-11H2,1-2H3. The van der Waals surface area contributed by atoms with Gasteiger partial charge in [-0.05, 0) is 24.3 Å². The monoisotopic (exact) mass is 351 g/mol. The molecule has 7 nitrogen and oxygen atoms in total. The van der Waals surface area contributed by atoms with Gasteiger partial charge in [0.15, 0.2) is 11.5 Å². The van der Waals surface area contributed by atoms with Gasteiger partial charge in [-0.1, -0.05) is 13.8 Å². The summed E-state index contributed by atoms with van der Waals surface area (Å²) < 4.78 is 5.72. The number of oxazole rings is 1. The highest BCUT2D eigenvalue weighted by Crippen LogP contribution is 2.23. The average Bonchev–Trinajstić information content (AvgIpc) is 3.12. The van der Waals surface area contributed by atoms with E-state index in [1.54, 1.807) is 18.5 Å². The first-order valence-corrected chi connectivity index (χ1v) is 8.83. The van der Waals surface area contributed by atoms with Crippen LogP contribution in [-0.2, 0) is 0 Å². The number of carbonyl (C=O) groups is 1. The second-order valence-corrected chi connectivity index (χ2v) is 6.72. The van der Waals surface area contributed by atoms with Gasteiger partial charge in [0.1, 0.15) is 5.52 Å². The maximum atomic E-state index is 12.8. The van der Waals surface area contributed by atoms with Crippen molar-refractivity contribution in [3.05, 3.63) is 48.1 Å². The molecule has 3 heterocycles. The molecule has 7 heteroatoms. The minimum Gasteiger partial charge on any atom is -0.440 e. The van der Waals surface area contributed by atoms with Crippen molar-refractivity contribution in [1.29, 1.82) is 0 Å². The molecule has 0 atom stereocenters. The minimum absolute atomic E-state index is 0.0228. The van der Waals surface area contributed by atoms with Crippen LogP contribution in [0.15, 0.2) is 41.1 Å². The van der Waals surface area contributed by atoms with Gasteiger partial charge in [-0.3, -0.25) is 4.79 Å². The molecular formula is C19H21N5O2. The maximum absolute atomic E-state index is 12.8. The van der Waals surface area contributed by atoms with E-state index >= 15 is 0 Å². The number of hydrogen-bond acceptors (Lipinski definition) is 6. The normalized spacial score (nSPS) is 15.0.